The molecule has 3 heteroatoms. The maximum absolute atomic E-state index is 3.46. The molecule has 0 aliphatic heterocycles. The summed E-state index contributed by atoms with van der Waals surface area (Å²) in [5.41, 5.74) is 2.65. The smallest absolute Gasteiger partial charge is 0.0473 e. The van der Waals surface area contributed by atoms with Gasteiger partial charge < -0.3 is 9.88 Å². The van der Waals surface area contributed by atoms with Crippen molar-refractivity contribution in [2.75, 3.05) is 0 Å². The van der Waals surface area contributed by atoms with Gasteiger partial charge in [0.25, 0.3) is 0 Å². The number of aromatic nitrogens is 1. The van der Waals surface area contributed by atoms with Crippen LogP contribution in [0.5, 0.6) is 0 Å². The lowest BCUT2D eigenvalue weighted by Gasteiger charge is -2.12. The summed E-state index contributed by atoms with van der Waals surface area (Å²) >= 11 is 3.46. The van der Waals surface area contributed by atoms with E-state index in [4.69, 9.17) is 0 Å². The van der Waals surface area contributed by atoms with E-state index >= 15 is 0 Å². The molecule has 2 nitrogen and oxygen atoms in total. The van der Waals surface area contributed by atoms with Crippen LogP contribution in [0, 0.1) is 0 Å². The van der Waals surface area contributed by atoms with E-state index in [0.29, 0.717) is 6.04 Å². The van der Waals surface area contributed by atoms with E-state index in [0.717, 1.165) is 17.6 Å². The maximum Gasteiger partial charge on any atom is 0.0473 e. The zero-order valence-corrected chi connectivity index (χ0v) is 12.4. The first-order valence-corrected chi connectivity index (χ1v) is 7.06. The van der Waals surface area contributed by atoms with Crippen molar-refractivity contribution in [3.05, 3.63) is 58.3 Å². The molecule has 0 saturated heterocycles. The fourth-order valence-corrected chi connectivity index (χ4v) is 2.12. The Balaban J connectivity index is 2.05. The molecule has 2 rings (SSSR count). The van der Waals surface area contributed by atoms with Crippen LogP contribution in [0.1, 0.15) is 25.1 Å². The minimum absolute atomic E-state index is 0.515. The average Bonchev–Trinajstić information content (AvgIpc) is 2.77. The minimum atomic E-state index is 0.515. The molecule has 2 aromatic rings. The molecule has 1 heterocycles. The van der Waals surface area contributed by atoms with Gasteiger partial charge in [0.2, 0.25) is 0 Å². The number of benzene rings is 1. The second-order valence-electron chi connectivity index (χ2n) is 4.79. The average molecular weight is 307 g/mol. The number of hydrogen-bond acceptors (Lipinski definition) is 1. The van der Waals surface area contributed by atoms with Crippen molar-refractivity contribution in [3.8, 4) is 0 Å². The quantitative estimate of drug-likeness (QED) is 0.889. The predicted octanol–water partition coefficient (Wildman–Crippen LogP) is 3.80. The van der Waals surface area contributed by atoms with Crippen molar-refractivity contribution in [2.24, 2.45) is 0 Å². The molecule has 0 fully saturated rings. The van der Waals surface area contributed by atoms with Crippen LogP contribution in [0.25, 0.3) is 0 Å². The van der Waals surface area contributed by atoms with Gasteiger partial charge in [-0.25, -0.2) is 0 Å². The Morgan fingerprint density at radius 1 is 1.17 bits per heavy atom. The van der Waals surface area contributed by atoms with Gasteiger partial charge in [0.15, 0.2) is 0 Å². The minimum Gasteiger partial charge on any atom is -0.346 e. The van der Waals surface area contributed by atoms with Crippen LogP contribution in [0.3, 0.4) is 0 Å². The second-order valence-corrected chi connectivity index (χ2v) is 5.71. The topological polar surface area (TPSA) is 17.0 Å². The molecular weight excluding hydrogens is 288 g/mol. The Bertz CT molecular complexity index is 485. The highest BCUT2D eigenvalue weighted by Crippen LogP contribution is 2.13. The van der Waals surface area contributed by atoms with Crippen LogP contribution in [-0.4, -0.2) is 10.6 Å². The molecule has 0 aliphatic rings. The van der Waals surface area contributed by atoms with Gasteiger partial charge in [-0.3, -0.25) is 0 Å². The Labute approximate surface area is 117 Å². The summed E-state index contributed by atoms with van der Waals surface area (Å²) in [6.07, 6.45) is 2.14. The molecule has 0 radical (unpaired) electrons. The summed E-state index contributed by atoms with van der Waals surface area (Å²) in [5, 5.41) is 3.45. The largest absolute Gasteiger partial charge is 0.346 e. The highest BCUT2D eigenvalue weighted by molar-refractivity contribution is 9.10. The lowest BCUT2D eigenvalue weighted by Crippen LogP contribution is -2.23. The van der Waals surface area contributed by atoms with E-state index in [1.807, 2.05) is 0 Å². The third-order valence-corrected chi connectivity index (χ3v) is 3.41. The zero-order valence-electron chi connectivity index (χ0n) is 10.9. The molecule has 0 unspecified atom stereocenters. The molecule has 1 aromatic carbocycles. The predicted molar refractivity (Wildman–Crippen MR) is 79.7 cm³/mol. The van der Waals surface area contributed by atoms with E-state index in [9.17, 15) is 0 Å². The normalized spacial score (nSPS) is 11.1. The van der Waals surface area contributed by atoms with Gasteiger partial charge in [0.1, 0.15) is 0 Å². The monoisotopic (exact) mass is 306 g/mol. The fraction of sp³-hybridized carbons (Fsp3) is 0.333. The lowest BCUT2D eigenvalue weighted by atomic mass is 10.2. The van der Waals surface area contributed by atoms with Crippen LogP contribution < -0.4 is 5.32 Å². The van der Waals surface area contributed by atoms with E-state index < -0.39 is 0 Å². The van der Waals surface area contributed by atoms with Crippen LogP contribution in [0.2, 0.25) is 0 Å². The molecule has 0 saturated carbocycles. The Morgan fingerprint density at radius 3 is 2.56 bits per heavy atom. The molecule has 0 amide bonds. The van der Waals surface area contributed by atoms with E-state index in [-0.39, 0.29) is 0 Å². The molecule has 96 valence electrons. The van der Waals surface area contributed by atoms with E-state index in [2.05, 4.69) is 82.3 Å². The van der Waals surface area contributed by atoms with Gasteiger partial charge in [-0.15, -0.1) is 0 Å². The SMILES string of the molecule is CC(C)NCc1cccn1Cc1ccc(Br)cc1. The van der Waals surface area contributed by atoms with Crippen molar-refractivity contribution >= 4 is 15.9 Å². The van der Waals surface area contributed by atoms with Crippen molar-refractivity contribution in [1.29, 1.82) is 0 Å². The van der Waals surface area contributed by atoms with Crippen molar-refractivity contribution in [2.45, 2.75) is 33.0 Å². The molecular formula is C15H19BrN2. The van der Waals surface area contributed by atoms with Crippen molar-refractivity contribution in [1.82, 2.24) is 9.88 Å². The van der Waals surface area contributed by atoms with Gasteiger partial charge in [0, 0.05) is 35.5 Å². The summed E-state index contributed by atoms with van der Waals surface area (Å²) in [6, 6.07) is 13.3. The molecule has 18 heavy (non-hydrogen) atoms. The van der Waals surface area contributed by atoms with E-state index in [1.54, 1.807) is 0 Å². The van der Waals surface area contributed by atoms with Crippen LogP contribution in [0.4, 0.5) is 0 Å². The zero-order chi connectivity index (χ0) is 13.0. The molecule has 1 aromatic heterocycles. The van der Waals surface area contributed by atoms with E-state index in [1.165, 1.54) is 11.3 Å². The summed E-state index contributed by atoms with van der Waals surface area (Å²) < 4.78 is 3.42. The third-order valence-electron chi connectivity index (χ3n) is 2.88. The van der Waals surface area contributed by atoms with Gasteiger partial charge in [-0.2, -0.15) is 0 Å². The third kappa shape index (κ3) is 3.72. The Hall–Kier alpha value is -1.06. The number of nitrogens with zero attached hydrogens (tertiary/aromatic N) is 1. The van der Waals surface area contributed by atoms with Crippen molar-refractivity contribution in [3.63, 3.8) is 0 Å². The summed E-state index contributed by atoms with van der Waals surface area (Å²) in [6.45, 7) is 6.18. The molecule has 0 spiro atoms. The lowest BCUT2D eigenvalue weighted by molar-refractivity contribution is 0.564. The molecule has 0 aliphatic carbocycles. The number of hydrogen-bond donors (Lipinski definition) is 1. The molecule has 0 bridgehead atoms. The number of halogens is 1. The molecule has 1 N–H and O–H groups in total. The first-order valence-electron chi connectivity index (χ1n) is 6.27. The van der Waals surface area contributed by atoms with Gasteiger partial charge >= 0.3 is 0 Å². The Kier molecular flexibility index (Phi) is 4.61. The fourth-order valence-electron chi connectivity index (χ4n) is 1.86. The first kappa shape index (κ1) is 13.4. The van der Waals surface area contributed by atoms with Crippen LogP contribution in [0.15, 0.2) is 47.1 Å². The highest BCUT2D eigenvalue weighted by atomic mass is 79.9. The van der Waals surface area contributed by atoms with Crippen LogP contribution in [-0.2, 0) is 13.1 Å². The summed E-state index contributed by atoms with van der Waals surface area (Å²) in [5.74, 6) is 0. The first-order chi connectivity index (χ1) is 8.65. The standard InChI is InChI=1S/C15H19BrN2/c1-12(2)17-10-15-4-3-9-18(15)11-13-5-7-14(16)8-6-13/h3-9,12,17H,10-11H2,1-2H3. The van der Waals surface area contributed by atoms with Gasteiger partial charge in [-0.1, -0.05) is 41.9 Å². The molecule has 0 atom stereocenters. The number of rotatable bonds is 5. The highest BCUT2D eigenvalue weighted by Gasteiger charge is 2.02. The van der Waals surface area contributed by atoms with Crippen LogP contribution >= 0.6 is 15.9 Å². The number of nitrogens with one attached hydrogen (secondary N) is 1. The summed E-state index contributed by atoms with van der Waals surface area (Å²) in [4.78, 5) is 0. The van der Waals surface area contributed by atoms with Gasteiger partial charge in [-0.05, 0) is 29.8 Å². The Morgan fingerprint density at radius 2 is 1.89 bits per heavy atom. The van der Waals surface area contributed by atoms with Gasteiger partial charge in [0.05, 0.1) is 0 Å². The second kappa shape index (κ2) is 6.21. The summed E-state index contributed by atoms with van der Waals surface area (Å²) in [7, 11) is 0. The van der Waals surface area contributed by atoms with Crippen molar-refractivity contribution < 1.29 is 0 Å². The maximum atomic E-state index is 3.46.